The molecule has 0 spiro atoms. The first-order chi connectivity index (χ1) is 9.41. The monoisotopic (exact) mass is 274 g/mol. The summed E-state index contributed by atoms with van der Waals surface area (Å²) in [4.78, 5) is 27.6. The summed E-state index contributed by atoms with van der Waals surface area (Å²) in [5.74, 6) is -0.0696. The SMILES string of the molecule is CC(=O)N(CC(=O)N1c2ccccc2CC1C)C(C)C. The molecule has 0 radical (unpaired) electrons. The van der Waals surface area contributed by atoms with Crippen molar-refractivity contribution in [3.63, 3.8) is 0 Å². The van der Waals surface area contributed by atoms with Gasteiger partial charge in [-0.25, -0.2) is 0 Å². The second-order valence-electron chi connectivity index (χ2n) is 5.69. The van der Waals surface area contributed by atoms with Crippen LogP contribution in [0, 0.1) is 0 Å². The van der Waals surface area contributed by atoms with Crippen LogP contribution in [0.25, 0.3) is 0 Å². The first-order valence-electron chi connectivity index (χ1n) is 7.09. The number of amides is 2. The van der Waals surface area contributed by atoms with Crippen LogP contribution in [-0.2, 0) is 16.0 Å². The maximum atomic E-state index is 12.6. The van der Waals surface area contributed by atoms with Gasteiger partial charge in [0, 0.05) is 24.7 Å². The van der Waals surface area contributed by atoms with Gasteiger partial charge in [0.2, 0.25) is 11.8 Å². The van der Waals surface area contributed by atoms with Gasteiger partial charge in [-0.1, -0.05) is 18.2 Å². The Morgan fingerprint density at radius 1 is 1.35 bits per heavy atom. The number of anilines is 1. The first-order valence-corrected chi connectivity index (χ1v) is 7.09. The maximum Gasteiger partial charge on any atom is 0.246 e. The van der Waals surface area contributed by atoms with E-state index in [1.807, 2.05) is 43.9 Å². The van der Waals surface area contributed by atoms with Crippen LogP contribution in [0.15, 0.2) is 24.3 Å². The lowest BCUT2D eigenvalue weighted by atomic mass is 10.1. The highest BCUT2D eigenvalue weighted by Gasteiger charge is 2.32. The summed E-state index contributed by atoms with van der Waals surface area (Å²) < 4.78 is 0. The Kier molecular flexibility index (Phi) is 4.12. The fourth-order valence-electron chi connectivity index (χ4n) is 2.83. The molecule has 1 aromatic rings. The third-order valence-corrected chi connectivity index (χ3v) is 3.81. The summed E-state index contributed by atoms with van der Waals surface area (Å²) in [6.07, 6.45) is 0.879. The van der Waals surface area contributed by atoms with Crippen LogP contribution >= 0.6 is 0 Å². The third kappa shape index (κ3) is 2.69. The normalized spacial score (nSPS) is 17.2. The van der Waals surface area contributed by atoms with Crippen molar-refractivity contribution in [3.8, 4) is 0 Å². The predicted molar refractivity (Wildman–Crippen MR) is 79.6 cm³/mol. The number of fused-ring (bicyclic) bond motifs is 1. The first kappa shape index (κ1) is 14.6. The predicted octanol–water partition coefficient (Wildman–Crippen LogP) is 2.22. The van der Waals surface area contributed by atoms with E-state index in [1.165, 1.54) is 12.5 Å². The Hall–Kier alpha value is -1.84. The number of benzene rings is 1. The van der Waals surface area contributed by atoms with Gasteiger partial charge in [-0.2, -0.15) is 0 Å². The highest BCUT2D eigenvalue weighted by atomic mass is 16.2. The second kappa shape index (κ2) is 5.65. The molecular formula is C16H22N2O2. The maximum absolute atomic E-state index is 12.6. The lowest BCUT2D eigenvalue weighted by molar-refractivity contribution is -0.135. The van der Waals surface area contributed by atoms with Crippen LogP contribution in [0.3, 0.4) is 0 Å². The Bertz CT molecular complexity index is 525. The van der Waals surface area contributed by atoms with Crippen molar-refractivity contribution < 1.29 is 9.59 Å². The van der Waals surface area contributed by atoms with Crippen LogP contribution in [0.4, 0.5) is 5.69 Å². The number of carbonyl (C=O) groups is 2. The van der Waals surface area contributed by atoms with Gasteiger partial charge in [0.15, 0.2) is 0 Å². The number of para-hydroxylation sites is 1. The zero-order chi connectivity index (χ0) is 14.9. The van der Waals surface area contributed by atoms with Crippen molar-refractivity contribution in [2.24, 2.45) is 0 Å². The molecule has 1 unspecified atom stereocenters. The lowest BCUT2D eigenvalue weighted by Gasteiger charge is -2.29. The van der Waals surface area contributed by atoms with Crippen molar-refractivity contribution in [2.75, 3.05) is 11.4 Å². The summed E-state index contributed by atoms with van der Waals surface area (Å²) >= 11 is 0. The standard InChI is InChI=1S/C16H22N2O2/c1-11(2)17(13(4)19)10-16(20)18-12(3)9-14-7-5-6-8-15(14)18/h5-8,11-12H,9-10H2,1-4H3. The van der Waals surface area contributed by atoms with E-state index in [-0.39, 0.29) is 30.4 Å². The molecule has 1 atom stereocenters. The third-order valence-electron chi connectivity index (χ3n) is 3.81. The van der Waals surface area contributed by atoms with E-state index < -0.39 is 0 Å². The number of hydrogen-bond donors (Lipinski definition) is 0. The average Bonchev–Trinajstić information content (AvgIpc) is 2.70. The van der Waals surface area contributed by atoms with E-state index >= 15 is 0 Å². The van der Waals surface area contributed by atoms with Crippen molar-refractivity contribution >= 4 is 17.5 Å². The molecule has 0 fully saturated rings. The minimum absolute atomic E-state index is 0.00801. The van der Waals surface area contributed by atoms with E-state index in [0.717, 1.165) is 12.1 Å². The molecule has 0 aliphatic carbocycles. The Balaban J connectivity index is 2.19. The zero-order valence-electron chi connectivity index (χ0n) is 12.6. The van der Waals surface area contributed by atoms with Gasteiger partial charge >= 0.3 is 0 Å². The topological polar surface area (TPSA) is 40.6 Å². The highest BCUT2D eigenvalue weighted by Crippen LogP contribution is 2.31. The molecule has 0 N–H and O–H groups in total. The number of rotatable bonds is 3. The molecule has 1 aliphatic rings. The van der Waals surface area contributed by atoms with E-state index in [9.17, 15) is 9.59 Å². The largest absolute Gasteiger partial charge is 0.331 e. The molecule has 108 valence electrons. The fraction of sp³-hybridized carbons (Fsp3) is 0.500. The molecule has 0 aromatic heterocycles. The summed E-state index contributed by atoms with van der Waals surface area (Å²) in [5.41, 5.74) is 2.18. The molecule has 4 heteroatoms. The van der Waals surface area contributed by atoms with Crippen molar-refractivity contribution in [1.82, 2.24) is 4.90 Å². The van der Waals surface area contributed by atoms with Gasteiger partial charge in [-0.05, 0) is 38.8 Å². The Morgan fingerprint density at radius 2 is 2.00 bits per heavy atom. The van der Waals surface area contributed by atoms with Crippen LogP contribution < -0.4 is 4.90 Å². The Morgan fingerprint density at radius 3 is 2.60 bits per heavy atom. The van der Waals surface area contributed by atoms with E-state index in [2.05, 4.69) is 6.07 Å². The summed E-state index contributed by atoms with van der Waals surface area (Å²) in [6.45, 7) is 7.55. The van der Waals surface area contributed by atoms with Gasteiger partial charge in [0.1, 0.15) is 6.54 Å². The molecular weight excluding hydrogens is 252 g/mol. The van der Waals surface area contributed by atoms with Crippen molar-refractivity contribution in [1.29, 1.82) is 0 Å². The molecule has 0 saturated carbocycles. The number of carbonyl (C=O) groups excluding carboxylic acids is 2. The van der Waals surface area contributed by atoms with Gasteiger partial charge in [-0.3, -0.25) is 9.59 Å². The molecule has 1 heterocycles. The van der Waals surface area contributed by atoms with Crippen LogP contribution in [0.2, 0.25) is 0 Å². The van der Waals surface area contributed by atoms with Gasteiger partial charge in [0.05, 0.1) is 0 Å². The van der Waals surface area contributed by atoms with Crippen LogP contribution in [0.5, 0.6) is 0 Å². The van der Waals surface area contributed by atoms with E-state index in [0.29, 0.717) is 0 Å². The molecule has 2 rings (SSSR count). The smallest absolute Gasteiger partial charge is 0.246 e. The number of hydrogen-bond acceptors (Lipinski definition) is 2. The van der Waals surface area contributed by atoms with Gasteiger partial charge in [0.25, 0.3) is 0 Å². The molecule has 1 aromatic carbocycles. The molecule has 1 aliphatic heterocycles. The molecule has 2 amide bonds. The van der Waals surface area contributed by atoms with E-state index in [1.54, 1.807) is 4.90 Å². The quantitative estimate of drug-likeness (QED) is 0.848. The van der Waals surface area contributed by atoms with Gasteiger partial charge in [-0.15, -0.1) is 0 Å². The lowest BCUT2D eigenvalue weighted by Crippen LogP contribution is -2.46. The van der Waals surface area contributed by atoms with E-state index in [4.69, 9.17) is 0 Å². The second-order valence-corrected chi connectivity index (χ2v) is 5.69. The average molecular weight is 274 g/mol. The van der Waals surface area contributed by atoms with Gasteiger partial charge < -0.3 is 9.80 Å². The molecule has 0 bridgehead atoms. The van der Waals surface area contributed by atoms with Crippen molar-refractivity contribution in [2.45, 2.75) is 46.2 Å². The zero-order valence-corrected chi connectivity index (χ0v) is 12.6. The van der Waals surface area contributed by atoms with Crippen molar-refractivity contribution in [3.05, 3.63) is 29.8 Å². The Labute approximate surface area is 120 Å². The minimum Gasteiger partial charge on any atom is -0.331 e. The number of nitrogens with zero attached hydrogens (tertiary/aromatic N) is 2. The minimum atomic E-state index is -0.0616. The van der Waals surface area contributed by atoms with Crippen LogP contribution in [-0.4, -0.2) is 35.3 Å². The highest BCUT2D eigenvalue weighted by molar-refractivity contribution is 5.98. The molecule has 20 heavy (non-hydrogen) atoms. The summed E-state index contributed by atoms with van der Waals surface area (Å²) in [5, 5.41) is 0. The fourth-order valence-corrected chi connectivity index (χ4v) is 2.83. The summed E-state index contributed by atoms with van der Waals surface area (Å²) in [6, 6.07) is 8.16. The molecule has 0 saturated heterocycles. The summed E-state index contributed by atoms with van der Waals surface area (Å²) in [7, 11) is 0. The molecule has 4 nitrogen and oxygen atoms in total. The van der Waals surface area contributed by atoms with Crippen LogP contribution in [0.1, 0.15) is 33.3 Å².